The van der Waals surface area contributed by atoms with Gasteiger partial charge in [-0.3, -0.25) is 0 Å². The molecule has 0 amide bonds. The molecular weight excluding hydrogens is 420 g/mol. The van der Waals surface area contributed by atoms with Crippen molar-refractivity contribution in [2.75, 3.05) is 26.9 Å². The van der Waals surface area contributed by atoms with Crippen LogP contribution in [0.5, 0.6) is 0 Å². The number of methoxy groups -OCH3 is 1. The number of hydrogen-bond donors (Lipinski definition) is 0. The van der Waals surface area contributed by atoms with Crippen molar-refractivity contribution >= 4 is 5.97 Å². The highest BCUT2D eigenvalue weighted by molar-refractivity contribution is 5.74. The van der Waals surface area contributed by atoms with Gasteiger partial charge in [-0.05, 0) is 31.2 Å². The molecule has 0 saturated carbocycles. The van der Waals surface area contributed by atoms with Crippen LogP contribution in [0.2, 0.25) is 0 Å². The molecular formula is C27H42O6. The monoisotopic (exact) mass is 462 g/mol. The van der Waals surface area contributed by atoms with Crippen LogP contribution in [0.4, 0.5) is 0 Å². The van der Waals surface area contributed by atoms with Crippen molar-refractivity contribution < 1.29 is 28.5 Å². The molecule has 0 aliphatic carbocycles. The summed E-state index contributed by atoms with van der Waals surface area (Å²) in [6.45, 7) is 4.47. The quantitative estimate of drug-likeness (QED) is 0.171. The highest BCUT2D eigenvalue weighted by Crippen LogP contribution is 2.16. The molecule has 0 aromatic heterocycles. The number of benzene rings is 1. The standard InChI is InChI=1S/C27H42O6/c1-3-4-5-9-16-25(27(28)29-2)33-24(15-12-20-32-26-17-10-11-19-31-26)18-21-30-22-23-13-7-6-8-14-23/h6-8,12-15,24-26H,3-5,9-11,16-22H2,1-2H3/b15-12+/t24-,25?,26?/m1/s1. The minimum Gasteiger partial charge on any atom is -0.467 e. The molecule has 0 spiro atoms. The van der Waals surface area contributed by atoms with Crippen LogP contribution in [-0.4, -0.2) is 51.4 Å². The molecule has 1 aliphatic rings. The van der Waals surface area contributed by atoms with Gasteiger partial charge in [0.1, 0.15) is 0 Å². The van der Waals surface area contributed by atoms with Crippen molar-refractivity contribution in [1.82, 2.24) is 0 Å². The fourth-order valence-corrected chi connectivity index (χ4v) is 3.73. The van der Waals surface area contributed by atoms with E-state index in [1.165, 1.54) is 7.11 Å². The summed E-state index contributed by atoms with van der Waals surface area (Å²) in [5.74, 6) is -0.318. The Balaban J connectivity index is 1.86. The fraction of sp³-hybridized carbons (Fsp3) is 0.667. The summed E-state index contributed by atoms with van der Waals surface area (Å²) >= 11 is 0. The van der Waals surface area contributed by atoms with E-state index < -0.39 is 6.10 Å². The maximum absolute atomic E-state index is 12.3. The predicted molar refractivity (Wildman–Crippen MR) is 129 cm³/mol. The highest BCUT2D eigenvalue weighted by Gasteiger charge is 2.23. The Labute approximate surface area is 199 Å². The molecule has 1 aromatic rings. The van der Waals surface area contributed by atoms with E-state index in [2.05, 4.69) is 6.92 Å². The highest BCUT2D eigenvalue weighted by atomic mass is 16.7. The largest absolute Gasteiger partial charge is 0.467 e. The van der Waals surface area contributed by atoms with E-state index in [0.29, 0.717) is 32.7 Å². The first-order valence-electron chi connectivity index (χ1n) is 12.5. The molecule has 0 N–H and O–H groups in total. The van der Waals surface area contributed by atoms with Gasteiger partial charge in [-0.15, -0.1) is 0 Å². The van der Waals surface area contributed by atoms with Gasteiger partial charge in [-0.1, -0.05) is 75.1 Å². The smallest absolute Gasteiger partial charge is 0.335 e. The molecule has 1 aliphatic heterocycles. The minimum absolute atomic E-state index is 0.127. The topological polar surface area (TPSA) is 63.2 Å². The van der Waals surface area contributed by atoms with Crippen LogP contribution in [0.1, 0.15) is 70.3 Å². The maximum Gasteiger partial charge on any atom is 0.335 e. The Kier molecular flexibility index (Phi) is 14.8. The van der Waals surface area contributed by atoms with Gasteiger partial charge >= 0.3 is 5.97 Å². The van der Waals surface area contributed by atoms with Crippen LogP contribution in [0, 0.1) is 0 Å². The lowest BCUT2D eigenvalue weighted by Crippen LogP contribution is -2.30. The molecule has 1 saturated heterocycles. The van der Waals surface area contributed by atoms with Gasteiger partial charge in [0.05, 0.1) is 26.4 Å². The zero-order chi connectivity index (χ0) is 23.6. The number of ether oxygens (including phenoxy) is 5. The van der Waals surface area contributed by atoms with Crippen molar-refractivity contribution in [3.63, 3.8) is 0 Å². The number of rotatable bonds is 17. The van der Waals surface area contributed by atoms with Crippen molar-refractivity contribution in [3.05, 3.63) is 48.0 Å². The number of carbonyl (C=O) groups excluding carboxylic acids is 1. The maximum atomic E-state index is 12.3. The molecule has 33 heavy (non-hydrogen) atoms. The molecule has 186 valence electrons. The first-order chi connectivity index (χ1) is 16.2. The van der Waals surface area contributed by atoms with Crippen LogP contribution in [0.3, 0.4) is 0 Å². The number of hydrogen-bond acceptors (Lipinski definition) is 6. The summed E-state index contributed by atoms with van der Waals surface area (Å²) in [4.78, 5) is 12.3. The van der Waals surface area contributed by atoms with Crippen LogP contribution < -0.4 is 0 Å². The van der Waals surface area contributed by atoms with Gasteiger partial charge in [-0.25, -0.2) is 4.79 Å². The molecule has 3 atom stereocenters. The molecule has 1 heterocycles. The second-order valence-corrected chi connectivity index (χ2v) is 8.42. The predicted octanol–water partition coefficient (Wildman–Crippen LogP) is 5.59. The van der Waals surface area contributed by atoms with E-state index in [4.69, 9.17) is 23.7 Å². The number of esters is 1. The van der Waals surface area contributed by atoms with Gasteiger partial charge in [0, 0.05) is 19.6 Å². The van der Waals surface area contributed by atoms with E-state index in [9.17, 15) is 4.79 Å². The molecule has 1 fully saturated rings. The molecule has 2 rings (SSSR count). The van der Waals surface area contributed by atoms with Crippen LogP contribution in [0.15, 0.2) is 42.5 Å². The van der Waals surface area contributed by atoms with Gasteiger partial charge in [0.15, 0.2) is 12.4 Å². The number of unbranched alkanes of at least 4 members (excludes halogenated alkanes) is 3. The van der Waals surface area contributed by atoms with Gasteiger partial charge < -0.3 is 23.7 Å². The lowest BCUT2D eigenvalue weighted by Gasteiger charge is -2.23. The second kappa shape index (κ2) is 17.7. The SMILES string of the molecule is CCCCCCC(O[C@H](/C=C/COC1CCCCO1)CCOCc1ccccc1)C(=O)OC. The Bertz CT molecular complexity index is 641. The third-order valence-electron chi connectivity index (χ3n) is 5.65. The van der Waals surface area contributed by atoms with Crippen LogP contribution >= 0.6 is 0 Å². The molecule has 0 radical (unpaired) electrons. The molecule has 6 heteroatoms. The van der Waals surface area contributed by atoms with Gasteiger partial charge in [0.25, 0.3) is 0 Å². The second-order valence-electron chi connectivity index (χ2n) is 8.42. The summed E-state index contributed by atoms with van der Waals surface area (Å²) in [5, 5.41) is 0. The number of carbonyl (C=O) groups is 1. The van der Waals surface area contributed by atoms with Crippen molar-refractivity contribution in [2.24, 2.45) is 0 Å². The first kappa shape index (κ1) is 27.5. The molecule has 6 nitrogen and oxygen atoms in total. The Morgan fingerprint density at radius 3 is 2.73 bits per heavy atom. The van der Waals surface area contributed by atoms with Gasteiger partial charge in [0.2, 0.25) is 0 Å². The van der Waals surface area contributed by atoms with E-state index >= 15 is 0 Å². The van der Waals surface area contributed by atoms with Crippen molar-refractivity contribution in [3.8, 4) is 0 Å². The van der Waals surface area contributed by atoms with E-state index in [0.717, 1.165) is 57.1 Å². The fourth-order valence-electron chi connectivity index (χ4n) is 3.73. The Morgan fingerprint density at radius 1 is 1.15 bits per heavy atom. The van der Waals surface area contributed by atoms with Gasteiger partial charge in [-0.2, -0.15) is 0 Å². The first-order valence-corrected chi connectivity index (χ1v) is 12.5. The van der Waals surface area contributed by atoms with E-state index in [-0.39, 0.29) is 18.4 Å². The Hall–Kier alpha value is -1.73. The Morgan fingerprint density at radius 2 is 2.00 bits per heavy atom. The summed E-state index contributed by atoms with van der Waals surface area (Å²) in [6, 6.07) is 10.1. The average molecular weight is 463 g/mol. The van der Waals surface area contributed by atoms with E-state index in [1.54, 1.807) is 0 Å². The van der Waals surface area contributed by atoms with E-state index in [1.807, 2.05) is 42.5 Å². The lowest BCUT2D eigenvalue weighted by atomic mass is 10.1. The minimum atomic E-state index is -0.571. The third kappa shape index (κ3) is 12.3. The van der Waals surface area contributed by atoms with Crippen LogP contribution in [-0.2, 0) is 35.1 Å². The molecule has 2 unspecified atom stereocenters. The summed E-state index contributed by atoms with van der Waals surface area (Å²) in [5.41, 5.74) is 1.13. The van der Waals surface area contributed by atoms with Crippen molar-refractivity contribution in [2.45, 2.75) is 89.8 Å². The normalized spacial score (nSPS) is 18.3. The zero-order valence-electron chi connectivity index (χ0n) is 20.4. The summed E-state index contributed by atoms with van der Waals surface area (Å²) in [6.07, 6.45) is 11.8. The zero-order valence-corrected chi connectivity index (χ0v) is 20.4. The average Bonchev–Trinajstić information content (AvgIpc) is 2.86. The van der Waals surface area contributed by atoms with Crippen LogP contribution in [0.25, 0.3) is 0 Å². The lowest BCUT2D eigenvalue weighted by molar-refractivity contribution is -0.157. The molecule has 0 bridgehead atoms. The summed E-state index contributed by atoms with van der Waals surface area (Å²) < 4.78 is 28.5. The van der Waals surface area contributed by atoms with Crippen molar-refractivity contribution in [1.29, 1.82) is 0 Å². The third-order valence-corrected chi connectivity index (χ3v) is 5.65. The summed E-state index contributed by atoms with van der Waals surface area (Å²) in [7, 11) is 1.41. The molecule has 1 aromatic carbocycles.